The largest absolute Gasteiger partial charge is 0.388 e. The molecule has 3 heterocycles. The van der Waals surface area contributed by atoms with Crippen LogP contribution in [0.3, 0.4) is 0 Å². The van der Waals surface area contributed by atoms with Crippen molar-refractivity contribution < 1.29 is 0 Å². The van der Waals surface area contributed by atoms with E-state index in [9.17, 15) is 0 Å². The van der Waals surface area contributed by atoms with Gasteiger partial charge >= 0.3 is 0 Å². The second-order valence-electron chi connectivity index (χ2n) is 6.48. The SMILES string of the molecule is CNc1ccc2nc(-c3cccc(Cl)c3)nc(-n3ccc4cnccc43)c2c1. The molecule has 28 heavy (non-hydrogen) atoms. The maximum atomic E-state index is 6.19. The van der Waals surface area contributed by atoms with Crippen molar-refractivity contribution in [1.29, 1.82) is 0 Å². The zero-order valence-corrected chi connectivity index (χ0v) is 15.9. The van der Waals surface area contributed by atoms with Crippen LogP contribution in [0.1, 0.15) is 0 Å². The van der Waals surface area contributed by atoms with Gasteiger partial charge in [0, 0.05) is 52.7 Å². The molecule has 0 amide bonds. The first-order valence-electron chi connectivity index (χ1n) is 8.90. The predicted molar refractivity (Wildman–Crippen MR) is 114 cm³/mol. The normalized spacial score (nSPS) is 11.2. The third kappa shape index (κ3) is 2.77. The number of fused-ring (bicyclic) bond motifs is 2. The standard InChI is InChI=1S/C22H16ClN5/c1-24-17-5-6-19-18(12-17)22(28-10-8-15-13-25-9-7-20(15)28)27-21(26-19)14-3-2-4-16(23)11-14/h2-13,24H,1H3. The molecule has 0 saturated carbocycles. The van der Waals surface area contributed by atoms with E-state index in [0.29, 0.717) is 10.8 Å². The van der Waals surface area contributed by atoms with Crippen LogP contribution < -0.4 is 5.32 Å². The first-order valence-corrected chi connectivity index (χ1v) is 9.28. The maximum absolute atomic E-state index is 6.19. The molecule has 0 aliphatic rings. The molecule has 1 N–H and O–H groups in total. The van der Waals surface area contributed by atoms with Gasteiger partial charge in [-0.3, -0.25) is 4.98 Å². The Bertz CT molecular complexity index is 1330. The Kier molecular flexibility index (Phi) is 3.95. The van der Waals surface area contributed by atoms with Crippen molar-refractivity contribution in [3.05, 3.63) is 78.2 Å². The van der Waals surface area contributed by atoms with Crippen molar-refractivity contribution >= 4 is 39.1 Å². The van der Waals surface area contributed by atoms with E-state index in [2.05, 4.69) is 20.9 Å². The molecule has 136 valence electrons. The summed E-state index contributed by atoms with van der Waals surface area (Å²) in [6, 6.07) is 17.7. The van der Waals surface area contributed by atoms with Gasteiger partial charge in [0.15, 0.2) is 5.82 Å². The summed E-state index contributed by atoms with van der Waals surface area (Å²) < 4.78 is 2.08. The summed E-state index contributed by atoms with van der Waals surface area (Å²) in [5, 5.41) is 5.87. The zero-order chi connectivity index (χ0) is 19.1. The van der Waals surface area contributed by atoms with Gasteiger partial charge in [0.25, 0.3) is 0 Å². The molecule has 0 aliphatic carbocycles. The first kappa shape index (κ1) is 16.7. The Morgan fingerprint density at radius 2 is 1.93 bits per heavy atom. The molecule has 0 spiro atoms. The number of halogens is 1. The molecular formula is C22H16ClN5. The topological polar surface area (TPSA) is 55.6 Å². The third-order valence-electron chi connectivity index (χ3n) is 4.77. The number of nitrogens with one attached hydrogen (secondary N) is 1. The fourth-order valence-corrected chi connectivity index (χ4v) is 3.57. The van der Waals surface area contributed by atoms with Crippen molar-refractivity contribution in [1.82, 2.24) is 19.5 Å². The van der Waals surface area contributed by atoms with Crippen LogP contribution in [0.25, 0.3) is 39.0 Å². The average molecular weight is 386 g/mol. The van der Waals surface area contributed by atoms with Crippen LogP contribution in [-0.2, 0) is 0 Å². The highest BCUT2D eigenvalue weighted by molar-refractivity contribution is 6.30. The molecule has 3 aromatic heterocycles. The molecule has 5 nitrogen and oxygen atoms in total. The van der Waals surface area contributed by atoms with Gasteiger partial charge in [0.1, 0.15) is 5.82 Å². The Morgan fingerprint density at radius 1 is 1.00 bits per heavy atom. The van der Waals surface area contributed by atoms with Crippen LogP contribution in [0.5, 0.6) is 0 Å². The molecule has 0 fully saturated rings. The van der Waals surface area contributed by atoms with E-state index in [4.69, 9.17) is 21.6 Å². The first-order chi connectivity index (χ1) is 13.7. The minimum absolute atomic E-state index is 0.637. The number of hydrogen-bond acceptors (Lipinski definition) is 4. The summed E-state index contributed by atoms with van der Waals surface area (Å²) >= 11 is 6.19. The number of rotatable bonds is 3. The highest BCUT2D eigenvalue weighted by Crippen LogP contribution is 2.29. The maximum Gasteiger partial charge on any atom is 0.162 e. The second-order valence-corrected chi connectivity index (χ2v) is 6.92. The van der Waals surface area contributed by atoms with Gasteiger partial charge in [-0.25, -0.2) is 9.97 Å². The number of benzene rings is 2. The van der Waals surface area contributed by atoms with Gasteiger partial charge in [0.2, 0.25) is 0 Å². The highest BCUT2D eigenvalue weighted by Gasteiger charge is 2.14. The van der Waals surface area contributed by atoms with E-state index in [1.54, 1.807) is 6.20 Å². The monoisotopic (exact) mass is 385 g/mol. The molecule has 0 atom stereocenters. The summed E-state index contributed by atoms with van der Waals surface area (Å²) in [6.07, 6.45) is 5.66. The Hall–Kier alpha value is -3.44. The lowest BCUT2D eigenvalue weighted by Gasteiger charge is -2.12. The molecule has 0 radical (unpaired) electrons. The van der Waals surface area contributed by atoms with Crippen molar-refractivity contribution in [2.45, 2.75) is 0 Å². The number of hydrogen-bond donors (Lipinski definition) is 1. The van der Waals surface area contributed by atoms with E-state index in [1.165, 1.54) is 0 Å². The van der Waals surface area contributed by atoms with Gasteiger partial charge < -0.3 is 9.88 Å². The lowest BCUT2D eigenvalue weighted by atomic mass is 10.1. The minimum atomic E-state index is 0.637. The van der Waals surface area contributed by atoms with Gasteiger partial charge in [0.05, 0.1) is 11.0 Å². The molecule has 0 unspecified atom stereocenters. The van der Waals surface area contributed by atoms with Gasteiger partial charge in [-0.2, -0.15) is 0 Å². The second kappa shape index (κ2) is 6.62. The Morgan fingerprint density at radius 3 is 2.79 bits per heavy atom. The Balaban J connectivity index is 1.84. The summed E-state index contributed by atoms with van der Waals surface area (Å²) in [7, 11) is 1.90. The lowest BCUT2D eigenvalue weighted by Crippen LogP contribution is -2.02. The van der Waals surface area contributed by atoms with Gasteiger partial charge in [-0.15, -0.1) is 0 Å². The minimum Gasteiger partial charge on any atom is -0.388 e. The van der Waals surface area contributed by atoms with Crippen molar-refractivity contribution in [3.8, 4) is 17.2 Å². The van der Waals surface area contributed by atoms with Crippen molar-refractivity contribution in [2.75, 3.05) is 12.4 Å². The Labute approximate surface area is 166 Å². The van der Waals surface area contributed by atoms with E-state index in [-0.39, 0.29) is 0 Å². The van der Waals surface area contributed by atoms with Gasteiger partial charge in [-0.05, 0) is 42.5 Å². The van der Waals surface area contributed by atoms with Crippen LogP contribution in [0.2, 0.25) is 5.02 Å². The average Bonchev–Trinajstić information content (AvgIpc) is 3.16. The fraction of sp³-hybridized carbons (Fsp3) is 0.0455. The molecule has 0 saturated heterocycles. The third-order valence-corrected chi connectivity index (χ3v) is 5.00. The summed E-state index contributed by atoms with van der Waals surface area (Å²) in [5.74, 6) is 1.45. The molecule has 5 rings (SSSR count). The quantitative estimate of drug-likeness (QED) is 0.456. The number of pyridine rings is 1. The number of nitrogens with zero attached hydrogens (tertiary/aromatic N) is 4. The van der Waals surface area contributed by atoms with Crippen LogP contribution >= 0.6 is 11.6 Å². The molecule has 6 heteroatoms. The van der Waals surface area contributed by atoms with Gasteiger partial charge in [-0.1, -0.05) is 23.7 Å². The molecule has 2 aromatic carbocycles. The molecular weight excluding hydrogens is 370 g/mol. The predicted octanol–water partition coefficient (Wildman–Crippen LogP) is 5.33. The van der Waals surface area contributed by atoms with Crippen LogP contribution in [0.15, 0.2) is 73.2 Å². The molecule has 5 aromatic rings. The smallest absolute Gasteiger partial charge is 0.162 e. The van der Waals surface area contributed by atoms with Crippen LogP contribution in [-0.4, -0.2) is 26.6 Å². The van der Waals surface area contributed by atoms with E-state index in [1.807, 2.05) is 68.0 Å². The number of aromatic nitrogens is 4. The van der Waals surface area contributed by atoms with E-state index >= 15 is 0 Å². The van der Waals surface area contributed by atoms with Crippen LogP contribution in [0, 0.1) is 0 Å². The molecule has 0 aliphatic heterocycles. The summed E-state index contributed by atoms with van der Waals surface area (Å²) in [5.41, 5.74) is 3.80. The van der Waals surface area contributed by atoms with Crippen LogP contribution in [0.4, 0.5) is 5.69 Å². The zero-order valence-electron chi connectivity index (χ0n) is 15.1. The fourth-order valence-electron chi connectivity index (χ4n) is 3.38. The number of anilines is 1. The van der Waals surface area contributed by atoms with E-state index < -0.39 is 0 Å². The highest BCUT2D eigenvalue weighted by atomic mass is 35.5. The summed E-state index contributed by atoms with van der Waals surface area (Å²) in [6.45, 7) is 0. The lowest BCUT2D eigenvalue weighted by molar-refractivity contribution is 1.04. The van der Waals surface area contributed by atoms with Crippen molar-refractivity contribution in [2.24, 2.45) is 0 Å². The van der Waals surface area contributed by atoms with Crippen molar-refractivity contribution in [3.63, 3.8) is 0 Å². The molecule has 0 bridgehead atoms. The summed E-state index contributed by atoms with van der Waals surface area (Å²) in [4.78, 5) is 13.9. The van der Waals surface area contributed by atoms with E-state index in [0.717, 1.165) is 38.9 Å².